The minimum atomic E-state index is 0.192. The second kappa shape index (κ2) is 7.15. The number of halogens is 1. The fourth-order valence-electron chi connectivity index (χ4n) is 3.10. The van der Waals surface area contributed by atoms with Crippen LogP contribution in [0.25, 0.3) is 43.3 Å². The van der Waals surface area contributed by atoms with Crippen LogP contribution >= 0.6 is 22.9 Å². The molecule has 0 aliphatic rings. The lowest BCUT2D eigenvalue weighted by Gasteiger charge is -2.05. The normalized spacial score (nSPS) is 11.0. The lowest BCUT2D eigenvalue weighted by atomic mass is 10.1. The first-order valence-corrected chi connectivity index (χ1v) is 10.0. The highest BCUT2D eigenvalue weighted by molar-refractivity contribution is 7.22. The number of benzene rings is 3. The molecule has 3 nitrogen and oxygen atoms in total. The van der Waals surface area contributed by atoms with E-state index in [2.05, 4.69) is 57.4 Å². The Morgan fingerprint density at radius 3 is 1.93 bits per heavy atom. The van der Waals surface area contributed by atoms with Crippen molar-refractivity contribution in [2.45, 2.75) is 0 Å². The van der Waals surface area contributed by atoms with Crippen LogP contribution in [-0.4, -0.2) is 15.0 Å². The summed E-state index contributed by atoms with van der Waals surface area (Å²) in [5, 5.41) is 1.46. The molecule has 5 aromatic rings. The molecule has 0 radical (unpaired) electrons. The van der Waals surface area contributed by atoms with Crippen molar-refractivity contribution in [2.24, 2.45) is 0 Å². The molecule has 2 heterocycles. The number of aromatic nitrogens is 3. The number of nitrogens with zero attached hydrogens (tertiary/aromatic N) is 3. The zero-order valence-electron chi connectivity index (χ0n) is 14.7. The molecule has 0 N–H and O–H groups in total. The van der Waals surface area contributed by atoms with Crippen LogP contribution < -0.4 is 0 Å². The van der Waals surface area contributed by atoms with Crippen molar-refractivity contribution >= 4 is 33.0 Å². The number of rotatable bonds is 3. The zero-order valence-corrected chi connectivity index (χ0v) is 16.3. The first-order chi connectivity index (χ1) is 13.8. The van der Waals surface area contributed by atoms with Crippen LogP contribution in [0, 0.1) is 0 Å². The van der Waals surface area contributed by atoms with Gasteiger partial charge in [0, 0.05) is 20.7 Å². The Morgan fingerprint density at radius 1 is 0.607 bits per heavy atom. The van der Waals surface area contributed by atoms with E-state index in [1.54, 1.807) is 11.3 Å². The molecular formula is C23H14ClN3S. The first-order valence-electron chi connectivity index (χ1n) is 8.83. The van der Waals surface area contributed by atoms with Gasteiger partial charge in [0.25, 0.3) is 0 Å². The maximum Gasteiger partial charge on any atom is 0.226 e. The Morgan fingerprint density at radius 2 is 1.21 bits per heavy atom. The van der Waals surface area contributed by atoms with Gasteiger partial charge in [0.05, 0.1) is 0 Å². The fraction of sp³-hybridized carbons (Fsp3) is 0. The molecule has 0 aliphatic heterocycles. The largest absolute Gasteiger partial charge is 0.226 e. The van der Waals surface area contributed by atoms with E-state index in [-0.39, 0.29) is 5.28 Å². The fourth-order valence-corrected chi connectivity index (χ4v) is 4.33. The minimum Gasteiger partial charge on any atom is -0.208 e. The van der Waals surface area contributed by atoms with Crippen molar-refractivity contribution in [1.82, 2.24) is 15.0 Å². The molecule has 3 aromatic carbocycles. The summed E-state index contributed by atoms with van der Waals surface area (Å²) in [7, 11) is 0. The highest BCUT2D eigenvalue weighted by Gasteiger charge is 2.10. The third-order valence-electron chi connectivity index (χ3n) is 4.49. The molecule has 5 heteroatoms. The topological polar surface area (TPSA) is 38.7 Å². The van der Waals surface area contributed by atoms with Crippen molar-refractivity contribution in [3.8, 4) is 33.2 Å². The van der Waals surface area contributed by atoms with E-state index in [4.69, 9.17) is 11.6 Å². The van der Waals surface area contributed by atoms with Crippen molar-refractivity contribution in [1.29, 1.82) is 0 Å². The predicted octanol–water partition coefficient (Wildman–Crippen LogP) is 6.74. The van der Waals surface area contributed by atoms with Gasteiger partial charge in [-0.05, 0) is 34.7 Å². The van der Waals surface area contributed by atoms with Gasteiger partial charge in [-0.3, -0.25) is 0 Å². The van der Waals surface area contributed by atoms with Crippen molar-refractivity contribution in [3.63, 3.8) is 0 Å². The molecule has 2 aromatic heterocycles. The second-order valence-corrected chi connectivity index (χ2v) is 7.77. The molecule has 5 rings (SSSR count). The van der Waals surface area contributed by atoms with Crippen LogP contribution in [0.1, 0.15) is 0 Å². The standard InChI is InChI=1S/C23H14ClN3S/c24-23-26-21(16-6-2-1-3-7-16)25-22(27-23)17-12-10-15(11-13-17)20-14-18-8-4-5-9-19(18)28-20/h1-14H. The highest BCUT2D eigenvalue weighted by Crippen LogP contribution is 2.34. The lowest BCUT2D eigenvalue weighted by molar-refractivity contribution is 1.07. The van der Waals surface area contributed by atoms with Crippen molar-refractivity contribution < 1.29 is 0 Å². The number of fused-ring (bicyclic) bond motifs is 1. The van der Waals surface area contributed by atoms with Crippen LogP contribution in [0.15, 0.2) is 84.9 Å². The van der Waals surface area contributed by atoms with E-state index in [0.717, 1.165) is 11.1 Å². The summed E-state index contributed by atoms with van der Waals surface area (Å²) in [5.74, 6) is 1.14. The Labute approximate surface area is 171 Å². The summed E-state index contributed by atoms with van der Waals surface area (Å²) in [6, 6.07) is 28.7. The van der Waals surface area contributed by atoms with E-state index < -0.39 is 0 Å². The van der Waals surface area contributed by atoms with Gasteiger partial charge in [-0.2, -0.15) is 9.97 Å². The number of hydrogen-bond donors (Lipinski definition) is 0. The van der Waals surface area contributed by atoms with Crippen molar-refractivity contribution in [2.75, 3.05) is 0 Å². The summed E-state index contributed by atoms with van der Waals surface area (Å²) in [4.78, 5) is 14.4. The molecule has 0 bridgehead atoms. The summed E-state index contributed by atoms with van der Waals surface area (Å²) in [6.07, 6.45) is 0. The van der Waals surface area contributed by atoms with Gasteiger partial charge in [0.2, 0.25) is 5.28 Å². The quantitative estimate of drug-likeness (QED) is 0.337. The molecule has 0 saturated carbocycles. The number of hydrogen-bond acceptors (Lipinski definition) is 4. The Balaban J connectivity index is 1.51. The maximum absolute atomic E-state index is 6.16. The van der Waals surface area contributed by atoms with E-state index in [0.29, 0.717) is 11.6 Å². The second-order valence-electron chi connectivity index (χ2n) is 6.34. The molecule has 0 unspecified atom stereocenters. The number of thiophene rings is 1. The van der Waals surface area contributed by atoms with Gasteiger partial charge in [0.1, 0.15) is 0 Å². The summed E-state index contributed by atoms with van der Waals surface area (Å²) in [6.45, 7) is 0. The molecule has 0 spiro atoms. The summed E-state index contributed by atoms with van der Waals surface area (Å²) >= 11 is 7.95. The summed E-state index contributed by atoms with van der Waals surface area (Å²) < 4.78 is 1.29. The Kier molecular flexibility index (Phi) is 4.35. The maximum atomic E-state index is 6.16. The van der Waals surface area contributed by atoms with Gasteiger partial charge in [-0.25, -0.2) is 4.98 Å². The Hall–Kier alpha value is -3.08. The van der Waals surface area contributed by atoms with Gasteiger partial charge < -0.3 is 0 Å². The monoisotopic (exact) mass is 399 g/mol. The predicted molar refractivity (Wildman–Crippen MR) is 117 cm³/mol. The molecule has 0 amide bonds. The lowest BCUT2D eigenvalue weighted by Crippen LogP contribution is -1.97. The van der Waals surface area contributed by atoms with Gasteiger partial charge >= 0.3 is 0 Å². The minimum absolute atomic E-state index is 0.192. The average molecular weight is 400 g/mol. The van der Waals surface area contributed by atoms with E-state index in [9.17, 15) is 0 Å². The van der Waals surface area contributed by atoms with Crippen LogP contribution in [0.5, 0.6) is 0 Å². The van der Waals surface area contributed by atoms with Crippen LogP contribution in [-0.2, 0) is 0 Å². The molecule has 0 saturated heterocycles. The first kappa shape index (κ1) is 17.0. The summed E-state index contributed by atoms with van der Waals surface area (Å²) in [5.41, 5.74) is 3.00. The molecule has 0 atom stereocenters. The smallest absolute Gasteiger partial charge is 0.208 e. The molecule has 134 valence electrons. The third-order valence-corrected chi connectivity index (χ3v) is 5.83. The van der Waals surface area contributed by atoms with Gasteiger partial charge in [0.15, 0.2) is 11.6 Å². The van der Waals surface area contributed by atoms with Crippen LogP contribution in [0.4, 0.5) is 0 Å². The van der Waals surface area contributed by atoms with E-state index in [1.165, 1.54) is 20.5 Å². The van der Waals surface area contributed by atoms with Gasteiger partial charge in [-0.1, -0.05) is 72.8 Å². The van der Waals surface area contributed by atoms with Crippen LogP contribution in [0.3, 0.4) is 0 Å². The Bertz CT molecular complexity index is 1230. The van der Waals surface area contributed by atoms with E-state index >= 15 is 0 Å². The van der Waals surface area contributed by atoms with Gasteiger partial charge in [-0.15, -0.1) is 11.3 Å². The molecule has 28 heavy (non-hydrogen) atoms. The highest BCUT2D eigenvalue weighted by atomic mass is 35.5. The average Bonchev–Trinajstić information content (AvgIpc) is 3.18. The molecular weight excluding hydrogens is 386 g/mol. The van der Waals surface area contributed by atoms with Crippen LogP contribution in [0.2, 0.25) is 5.28 Å². The third kappa shape index (κ3) is 3.28. The SMILES string of the molecule is Clc1nc(-c2ccccc2)nc(-c2ccc(-c3cc4ccccc4s3)cc2)n1. The van der Waals surface area contributed by atoms with Crippen molar-refractivity contribution in [3.05, 3.63) is 90.2 Å². The molecule has 0 aliphatic carbocycles. The zero-order chi connectivity index (χ0) is 18.9. The van der Waals surface area contributed by atoms with E-state index in [1.807, 2.05) is 42.5 Å². The molecule has 0 fully saturated rings.